The van der Waals surface area contributed by atoms with E-state index in [1.165, 1.54) is 0 Å². The van der Waals surface area contributed by atoms with E-state index in [0.29, 0.717) is 6.42 Å². The van der Waals surface area contributed by atoms with Gasteiger partial charge in [0.05, 0.1) is 0 Å². The van der Waals surface area contributed by atoms with Crippen molar-refractivity contribution in [1.29, 1.82) is 0 Å². The third-order valence-corrected chi connectivity index (χ3v) is 3.54. The Kier molecular flexibility index (Phi) is 17.9. The van der Waals surface area contributed by atoms with E-state index >= 15 is 0 Å². The molecule has 0 aromatic carbocycles. The van der Waals surface area contributed by atoms with E-state index in [4.69, 9.17) is 5.11 Å². The van der Waals surface area contributed by atoms with Crippen LogP contribution in [0.3, 0.4) is 0 Å². The molecule has 0 amide bonds. The lowest BCUT2D eigenvalue weighted by molar-refractivity contribution is -0.156. The molecule has 4 nitrogen and oxygen atoms in total. The minimum absolute atomic E-state index is 0.175. The normalized spacial score (nSPS) is 12.4. The van der Waals surface area contributed by atoms with E-state index in [1.54, 1.807) is 0 Å². The quantitative estimate of drug-likeness (QED) is 0.0641. The average Bonchev–Trinajstić information content (AvgIpc) is 2.68. The van der Waals surface area contributed by atoms with Crippen molar-refractivity contribution in [1.82, 2.24) is 0 Å². The fourth-order valence-corrected chi connectivity index (χ4v) is 2.09. The molecule has 0 aromatic heterocycles. The second-order valence-electron chi connectivity index (χ2n) is 6.22. The molecule has 0 unspecified atom stereocenters. The predicted octanol–water partition coefficient (Wildman–Crippen LogP) is 6.61. The fourth-order valence-electron chi connectivity index (χ4n) is 2.09. The molecule has 0 aliphatic carbocycles. The lowest BCUT2D eigenvalue weighted by Gasteiger charge is -1.98. The number of aliphatic hydroxyl groups excluding tert-OH is 1. The average molecular weight is 399 g/mol. The summed E-state index contributed by atoms with van der Waals surface area (Å²) >= 11 is 0. The van der Waals surface area contributed by atoms with Gasteiger partial charge >= 0.3 is 11.9 Å². The van der Waals surface area contributed by atoms with Crippen LogP contribution in [0.1, 0.15) is 58.3 Å². The van der Waals surface area contributed by atoms with Gasteiger partial charge in [-0.2, -0.15) is 0 Å². The highest BCUT2D eigenvalue weighted by Crippen LogP contribution is 2.01. The van der Waals surface area contributed by atoms with Crippen LogP contribution >= 0.6 is 0 Å². The van der Waals surface area contributed by atoms with Crippen LogP contribution < -0.4 is 0 Å². The van der Waals surface area contributed by atoms with Crippen LogP contribution in [0.5, 0.6) is 0 Å². The smallest absolute Gasteiger partial charge is 0.338 e. The standard InChI is InChI=1S/C25H34O4/c1-3-4-5-6-7-8-9-10-11-12-13-14-15-16-17-18-19-20-24(27)29-25(28)22-21-23(2)26/h4-5,7-8,10-11,13-14,16-17,21-22,26H,2-3,6,9,12,15,18-20H2,1H3/b5-4-,8-7-,11-10-,14-13-,17-16-,22-21+. The number of ether oxygens (including phenoxy) is 1. The Morgan fingerprint density at radius 3 is 1.76 bits per heavy atom. The first kappa shape index (κ1) is 26.1. The van der Waals surface area contributed by atoms with Gasteiger partial charge in [0.1, 0.15) is 5.76 Å². The zero-order chi connectivity index (χ0) is 21.6. The SMILES string of the molecule is C=C(O)/C=C/C(=O)OC(=O)CCC/C=C\C/C=C\C/C=C\C/C=C\C/C=C\CC. The number of aliphatic hydroxyl groups is 1. The van der Waals surface area contributed by atoms with Gasteiger partial charge in [-0.1, -0.05) is 74.3 Å². The van der Waals surface area contributed by atoms with Gasteiger partial charge < -0.3 is 9.84 Å². The molecule has 1 N–H and O–H groups in total. The fraction of sp³-hybridized carbons (Fsp3) is 0.360. The van der Waals surface area contributed by atoms with E-state index in [-0.39, 0.29) is 12.2 Å². The van der Waals surface area contributed by atoms with Gasteiger partial charge in [0.25, 0.3) is 0 Å². The van der Waals surface area contributed by atoms with Crippen LogP contribution in [0.2, 0.25) is 0 Å². The van der Waals surface area contributed by atoms with Crippen molar-refractivity contribution in [2.24, 2.45) is 0 Å². The maximum Gasteiger partial charge on any atom is 0.338 e. The van der Waals surface area contributed by atoms with Crippen LogP contribution in [-0.4, -0.2) is 17.0 Å². The monoisotopic (exact) mass is 398 g/mol. The summed E-state index contributed by atoms with van der Waals surface area (Å²) in [6, 6.07) is 0. The number of carbonyl (C=O) groups excluding carboxylic acids is 2. The largest absolute Gasteiger partial charge is 0.509 e. The minimum Gasteiger partial charge on any atom is -0.509 e. The third kappa shape index (κ3) is 21.3. The first-order chi connectivity index (χ1) is 14.1. The molecule has 4 heteroatoms. The van der Waals surface area contributed by atoms with E-state index in [1.807, 2.05) is 6.08 Å². The molecule has 0 heterocycles. The molecule has 0 spiro atoms. The highest BCUT2D eigenvalue weighted by molar-refractivity contribution is 5.92. The van der Waals surface area contributed by atoms with Crippen molar-refractivity contribution in [3.8, 4) is 0 Å². The van der Waals surface area contributed by atoms with Gasteiger partial charge in [-0.25, -0.2) is 4.79 Å². The van der Waals surface area contributed by atoms with Crippen molar-refractivity contribution in [2.75, 3.05) is 0 Å². The topological polar surface area (TPSA) is 63.6 Å². The first-order valence-corrected chi connectivity index (χ1v) is 10.1. The number of allylic oxidation sites excluding steroid dienone is 11. The second kappa shape index (κ2) is 19.9. The predicted molar refractivity (Wildman–Crippen MR) is 120 cm³/mol. The first-order valence-electron chi connectivity index (χ1n) is 10.1. The molecule has 0 radical (unpaired) electrons. The summed E-state index contributed by atoms with van der Waals surface area (Å²) in [5, 5.41) is 8.81. The van der Waals surface area contributed by atoms with Crippen molar-refractivity contribution in [2.45, 2.75) is 58.3 Å². The molecule has 29 heavy (non-hydrogen) atoms. The number of esters is 2. The third-order valence-electron chi connectivity index (χ3n) is 3.54. The van der Waals surface area contributed by atoms with Crippen molar-refractivity contribution in [3.05, 3.63) is 85.3 Å². The number of hydrogen-bond donors (Lipinski definition) is 1. The molecule has 0 rings (SSSR count). The van der Waals surface area contributed by atoms with Gasteiger partial charge in [0.15, 0.2) is 0 Å². The van der Waals surface area contributed by atoms with Crippen molar-refractivity contribution < 1.29 is 19.4 Å². The highest BCUT2D eigenvalue weighted by atomic mass is 16.6. The lowest BCUT2D eigenvalue weighted by atomic mass is 10.2. The van der Waals surface area contributed by atoms with Crippen LogP contribution in [0.25, 0.3) is 0 Å². The van der Waals surface area contributed by atoms with Crippen molar-refractivity contribution in [3.63, 3.8) is 0 Å². The Morgan fingerprint density at radius 1 is 0.793 bits per heavy atom. The number of carbonyl (C=O) groups is 2. The zero-order valence-corrected chi connectivity index (χ0v) is 17.5. The van der Waals surface area contributed by atoms with Gasteiger partial charge in [0, 0.05) is 12.5 Å². The van der Waals surface area contributed by atoms with E-state index in [9.17, 15) is 9.59 Å². The van der Waals surface area contributed by atoms with Crippen LogP contribution in [0, 0.1) is 0 Å². The Labute approximate surface area is 175 Å². The molecular formula is C25H34O4. The maximum atomic E-state index is 11.4. The molecule has 0 aromatic rings. The Morgan fingerprint density at radius 2 is 1.28 bits per heavy atom. The van der Waals surface area contributed by atoms with Crippen LogP contribution in [0.4, 0.5) is 0 Å². The highest BCUT2D eigenvalue weighted by Gasteiger charge is 2.06. The van der Waals surface area contributed by atoms with Crippen LogP contribution in [0.15, 0.2) is 85.3 Å². The molecule has 0 aliphatic heterocycles. The molecule has 0 bridgehead atoms. The van der Waals surface area contributed by atoms with E-state index in [2.05, 4.69) is 72.9 Å². The Bertz CT molecular complexity index is 646. The molecule has 0 fully saturated rings. The van der Waals surface area contributed by atoms with E-state index < -0.39 is 11.9 Å². The maximum absolute atomic E-state index is 11.4. The summed E-state index contributed by atoms with van der Waals surface area (Å²) in [7, 11) is 0. The summed E-state index contributed by atoms with van der Waals surface area (Å²) < 4.78 is 4.56. The second-order valence-corrected chi connectivity index (χ2v) is 6.22. The number of rotatable bonds is 15. The van der Waals surface area contributed by atoms with Gasteiger partial charge in [-0.15, -0.1) is 0 Å². The zero-order valence-electron chi connectivity index (χ0n) is 17.5. The summed E-state index contributed by atoms with van der Waals surface area (Å²) in [4.78, 5) is 22.7. The van der Waals surface area contributed by atoms with Gasteiger partial charge in [-0.05, 0) is 51.0 Å². The minimum atomic E-state index is -0.805. The Hall–Kier alpha value is -2.88. The summed E-state index contributed by atoms with van der Waals surface area (Å²) in [5.74, 6) is -1.65. The van der Waals surface area contributed by atoms with E-state index in [0.717, 1.165) is 50.7 Å². The molecular weight excluding hydrogens is 364 g/mol. The molecule has 0 saturated heterocycles. The van der Waals surface area contributed by atoms with Gasteiger partial charge in [0.2, 0.25) is 0 Å². The molecule has 158 valence electrons. The summed E-state index contributed by atoms with van der Waals surface area (Å²) in [6.45, 7) is 5.32. The molecule has 0 saturated carbocycles. The van der Waals surface area contributed by atoms with Gasteiger partial charge in [-0.3, -0.25) is 4.79 Å². The Balaban J connectivity index is 3.67. The van der Waals surface area contributed by atoms with Crippen LogP contribution in [-0.2, 0) is 14.3 Å². The summed E-state index contributed by atoms with van der Waals surface area (Å²) in [6.07, 6.45) is 29.8. The summed E-state index contributed by atoms with van der Waals surface area (Å²) in [5.41, 5.74) is 0. The number of unbranched alkanes of at least 4 members (excludes halogenated alkanes) is 1. The molecule has 0 aliphatic rings. The number of hydrogen-bond acceptors (Lipinski definition) is 4. The van der Waals surface area contributed by atoms with Crippen molar-refractivity contribution >= 4 is 11.9 Å². The lowest BCUT2D eigenvalue weighted by Crippen LogP contribution is -2.09. The molecule has 0 atom stereocenters.